The standard InChI is InChI=1S/C19H16ClN3O3/c20-13-5-4-8-15(9-13)26-16-11-22(12-16)19(25)17-10-18(24)23(21-17)14-6-2-1-3-7-14/h1-10,16,21H,11-12H2. The first-order valence-electron chi connectivity index (χ1n) is 8.19. The minimum absolute atomic E-state index is 0.0830. The third-order valence-corrected chi connectivity index (χ3v) is 4.43. The fourth-order valence-corrected chi connectivity index (χ4v) is 3.04. The SMILES string of the molecule is O=C(c1cc(=O)n(-c2ccccc2)[nH]1)N1CC(Oc2cccc(Cl)c2)C1. The number of carbonyl (C=O) groups excluding carboxylic acids is 1. The van der Waals surface area contributed by atoms with Gasteiger partial charge in [0.2, 0.25) is 0 Å². The first kappa shape index (κ1) is 16.5. The number of benzene rings is 2. The predicted octanol–water partition coefficient (Wildman–Crippen LogP) is 2.72. The predicted molar refractivity (Wildman–Crippen MR) is 98.2 cm³/mol. The maximum absolute atomic E-state index is 12.5. The smallest absolute Gasteiger partial charge is 0.272 e. The third kappa shape index (κ3) is 3.23. The summed E-state index contributed by atoms with van der Waals surface area (Å²) < 4.78 is 7.14. The van der Waals surface area contributed by atoms with Crippen LogP contribution in [0, 0.1) is 0 Å². The van der Waals surface area contributed by atoms with Crippen LogP contribution < -0.4 is 10.3 Å². The number of amides is 1. The highest BCUT2D eigenvalue weighted by Gasteiger charge is 2.33. The van der Waals surface area contributed by atoms with Gasteiger partial charge in [-0.1, -0.05) is 35.9 Å². The molecular formula is C19H16ClN3O3. The molecule has 0 unspecified atom stereocenters. The number of aromatic nitrogens is 2. The number of para-hydroxylation sites is 1. The average molecular weight is 370 g/mol. The zero-order valence-corrected chi connectivity index (χ0v) is 14.5. The summed E-state index contributed by atoms with van der Waals surface area (Å²) in [5.41, 5.74) is 0.675. The quantitative estimate of drug-likeness (QED) is 0.769. The lowest BCUT2D eigenvalue weighted by Gasteiger charge is -2.38. The Morgan fingerprint density at radius 2 is 1.85 bits per heavy atom. The number of nitrogens with zero attached hydrogens (tertiary/aromatic N) is 2. The summed E-state index contributed by atoms with van der Waals surface area (Å²) in [4.78, 5) is 26.3. The molecule has 26 heavy (non-hydrogen) atoms. The van der Waals surface area contributed by atoms with Crippen LogP contribution in [0.15, 0.2) is 65.5 Å². The molecule has 0 spiro atoms. The zero-order chi connectivity index (χ0) is 18.1. The van der Waals surface area contributed by atoms with E-state index in [2.05, 4.69) is 5.10 Å². The van der Waals surface area contributed by atoms with Crippen molar-refractivity contribution in [2.75, 3.05) is 13.1 Å². The fraction of sp³-hybridized carbons (Fsp3) is 0.158. The van der Waals surface area contributed by atoms with Crippen LogP contribution in [-0.4, -0.2) is 39.8 Å². The van der Waals surface area contributed by atoms with Gasteiger partial charge in [0.05, 0.1) is 18.8 Å². The first-order chi connectivity index (χ1) is 12.6. The highest BCUT2D eigenvalue weighted by atomic mass is 35.5. The summed E-state index contributed by atoms with van der Waals surface area (Å²) >= 11 is 5.94. The number of ether oxygens (including phenoxy) is 1. The molecule has 6 nitrogen and oxygen atoms in total. The molecule has 4 rings (SSSR count). The molecule has 1 aromatic heterocycles. The monoisotopic (exact) mass is 369 g/mol. The molecule has 0 radical (unpaired) electrons. The molecule has 1 aliphatic rings. The molecule has 1 fully saturated rings. The van der Waals surface area contributed by atoms with E-state index in [4.69, 9.17) is 16.3 Å². The van der Waals surface area contributed by atoms with Crippen molar-refractivity contribution in [3.8, 4) is 11.4 Å². The zero-order valence-electron chi connectivity index (χ0n) is 13.8. The Morgan fingerprint density at radius 3 is 2.58 bits per heavy atom. The van der Waals surface area contributed by atoms with E-state index in [1.165, 1.54) is 10.7 Å². The molecule has 3 aromatic rings. The molecule has 132 valence electrons. The van der Waals surface area contributed by atoms with Gasteiger partial charge in [-0.15, -0.1) is 0 Å². The molecule has 0 atom stereocenters. The van der Waals surface area contributed by atoms with Gasteiger partial charge in [-0.25, -0.2) is 4.68 Å². The maximum atomic E-state index is 12.5. The molecule has 1 saturated heterocycles. The van der Waals surface area contributed by atoms with E-state index in [9.17, 15) is 9.59 Å². The second-order valence-electron chi connectivity index (χ2n) is 6.09. The molecule has 1 N–H and O–H groups in total. The van der Waals surface area contributed by atoms with Crippen LogP contribution in [-0.2, 0) is 0 Å². The Kier molecular flexibility index (Phi) is 4.26. The maximum Gasteiger partial charge on any atom is 0.272 e. The van der Waals surface area contributed by atoms with Crippen LogP contribution in [0.25, 0.3) is 5.69 Å². The van der Waals surface area contributed by atoms with Crippen molar-refractivity contribution in [1.82, 2.24) is 14.7 Å². The van der Waals surface area contributed by atoms with Crippen molar-refractivity contribution >= 4 is 17.5 Å². The van der Waals surface area contributed by atoms with E-state index >= 15 is 0 Å². The van der Waals surface area contributed by atoms with Gasteiger partial charge in [0, 0.05) is 11.1 Å². The Hall–Kier alpha value is -2.99. The fourth-order valence-electron chi connectivity index (χ4n) is 2.86. The summed E-state index contributed by atoms with van der Waals surface area (Å²) in [6.07, 6.45) is -0.0830. The Bertz CT molecular complexity index is 991. The number of carbonyl (C=O) groups is 1. The largest absolute Gasteiger partial charge is 0.487 e. The van der Waals surface area contributed by atoms with Crippen LogP contribution in [0.3, 0.4) is 0 Å². The van der Waals surface area contributed by atoms with Crippen LogP contribution in [0.2, 0.25) is 5.02 Å². The molecule has 1 amide bonds. The molecule has 2 heterocycles. The lowest BCUT2D eigenvalue weighted by Crippen LogP contribution is -2.56. The van der Waals surface area contributed by atoms with Crippen molar-refractivity contribution in [2.45, 2.75) is 6.10 Å². The number of rotatable bonds is 4. The number of halogens is 1. The van der Waals surface area contributed by atoms with Crippen molar-refractivity contribution in [3.05, 3.63) is 81.7 Å². The summed E-state index contributed by atoms with van der Waals surface area (Å²) in [6.45, 7) is 0.924. The molecule has 0 bridgehead atoms. The lowest BCUT2D eigenvalue weighted by atomic mass is 10.1. The Balaban J connectivity index is 1.41. The van der Waals surface area contributed by atoms with Crippen LogP contribution >= 0.6 is 11.6 Å². The first-order valence-corrected chi connectivity index (χ1v) is 8.57. The Labute approximate surface area is 154 Å². The summed E-state index contributed by atoms with van der Waals surface area (Å²) in [7, 11) is 0. The van der Waals surface area contributed by atoms with Gasteiger partial charge in [-0.05, 0) is 30.3 Å². The molecule has 0 aliphatic carbocycles. The number of nitrogens with one attached hydrogen (secondary N) is 1. The third-order valence-electron chi connectivity index (χ3n) is 4.20. The second kappa shape index (κ2) is 6.72. The molecule has 2 aromatic carbocycles. The number of likely N-dealkylation sites (tertiary alicyclic amines) is 1. The van der Waals surface area contributed by atoms with Crippen LogP contribution in [0.1, 0.15) is 10.5 Å². The summed E-state index contributed by atoms with van der Waals surface area (Å²) in [5, 5.41) is 3.48. The number of hydrogen-bond donors (Lipinski definition) is 1. The molecule has 0 saturated carbocycles. The van der Waals surface area contributed by atoms with Crippen molar-refractivity contribution in [1.29, 1.82) is 0 Å². The highest BCUT2D eigenvalue weighted by Crippen LogP contribution is 2.22. The molecule has 7 heteroatoms. The molecular weight excluding hydrogens is 354 g/mol. The van der Waals surface area contributed by atoms with Gasteiger partial charge < -0.3 is 9.64 Å². The van der Waals surface area contributed by atoms with Crippen molar-refractivity contribution in [3.63, 3.8) is 0 Å². The van der Waals surface area contributed by atoms with Gasteiger partial charge in [0.1, 0.15) is 17.5 Å². The van der Waals surface area contributed by atoms with Crippen molar-refractivity contribution in [2.24, 2.45) is 0 Å². The van der Waals surface area contributed by atoms with E-state index in [0.29, 0.717) is 29.5 Å². The number of H-pyrrole nitrogens is 1. The van der Waals surface area contributed by atoms with Gasteiger partial charge >= 0.3 is 0 Å². The number of aromatic amines is 1. The summed E-state index contributed by atoms with van der Waals surface area (Å²) in [6, 6.07) is 17.6. The van der Waals surface area contributed by atoms with E-state index in [0.717, 1.165) is 0 Å². The van der Waals surface area contributed by atoms with Gasteiger partial charge in [-0.2, -0.15) is 0 Å². The van der Waals surface area contributed by atoms with E-state index in [-0.39, 0.29) is 23.3 Å². The van der Waals surface area contributed by atoms with Crippen LogP contribution in [0.5, 0.6) is 5.75 Å². The van der Waals surface area contributed by atoms with E-state index in [1.807, 2.05) is 30.3 Å². The minimum atomic E-state index is -0.271. The normalized spacial score (nSPS) is 14.1. The van der Waals surface area contributed by atoms with Crippen LogP contribution in [0.4, 0.5) is 0 Å². The second-order valence-corrected chi connectivity index (χ2v) is 6.52. The highest BCUT2D eigenvalue weighted by molar-refractivity contribution is 6.30. The number of hydrogen-bond acceptors (Lipinski definition) is 3. The van der Waals surface area contributed by atoms with Gasteiger partial charge in [0.25, 0.3) is 11.5 Å². The summed E-state index contributed by atoms with van der Waals surface area (Å²) in [5.74, 6) is 0.459. The van der Waals surface area contributed by atoms with Crippen molar-refractivity contribution < 1.29 is 9.53 Å². The van der Waals surface area contributed by atoms with Gasteiger partial charge in [0.15, 0.2) is 0 Å². The van der Waals surface area contributed by atoms with E-state index < -0.39 is 0 Å². The molecule has 1 aliphatic heterocycles. The lowest BCUT2D eigenvalue weighted by molar-refractivity contribution is 0.0173. The minimum Gasteiger partial charge on any atom is -0.487 e. The topological polar surface area (TPSA) is 67.3 Å². The van der Waals surface area contributed by atoms with Gasteiger partial charge in [-0.3, -0.25) is 14.7 Å². The average Bonchev–Trinajstić information content (AvgIpc) is 3.00. The Morgan fingerprint density at radius 1 is 1.08 bits per heavy atom. The van der Waals surface area contributed by atoms with E-state index in [1.54, 1.807) is 29.2 Å².